The summed E-state index contributed by atoms with van der Waals surface area (Å²) in [5.74, 6) is -1.37. The summed E-state index contributed by atoms with van der Waals surface area (Å²) in [6.45, 7) is 0. The van der Waals surface area contributed by atoms with Gasteiger partial charge in [0.25, 0.3) is 0 Å². The van der Waals surface area contributed by atoms with Crippen molar-refractivity contribution in [2.45, 2.75) is 11.7 Å². The molecule has 0 bridgehead atoms. The lowest BCUT2D eigenvalue weighted by Gasteiger charge is -2.07. The summed E-state index contributed by atoms with van der Waals surface area (Å²) in [6.07, 6.45) is -4.58. The van der Waals surface area contributed by atoms with Crippen LogP contribution >= 0.6 is 12.0 Å². The third-order valence-electron chi connectivity index (χ3n) is 1.66. The van der Waals surface area contributed by atoms with Crippen LogP contribution in [0.15, 0.2) is 24.3 Å². The van der Waals surface area contributed by atoms with Crippen molar-refractivity contribution in [3.05, 3.63) is 35.4 Å². The van der Waals surface area contributed by atoms with Crippen molar-refractivity contribution in [2.24, 2.45) is 0 Å². The summed E-state index contributed by atoms with van der Waals surface area (Å²) in [5.41, 5.74) is -6.18. The minimum atomic E-state index is -4.76. The number of benzene rings is 1. The van der Waals surface area contributed by atoms with Gasteiger partial charge >= 0.3 is 17.7 Å². The molecule has 1 aromatic rings. The molecule has 0 atom stereocenters. The second-order valence-electron chi connectivity index (χ2n) is 2.97. The molecule has 9 heteroatoms. The Hall–Kier alpha value is -1.38. The Morgan fingerprint density at radius 3 is 1.89 bits per heavy atom. The number of hydrogen-bond donors (Lipinski definition) is 0. The van der Waals surface area contributed by atoms with Crippen LogP contribution in [0, 0.1) is 0 Å². The lowest BCUT2D eigenvalue weighted by Crippen LogP contribution is -2.08. The van der Waals surface area contributed by atoms with Crippen LogP contribution in [-0.4, -0.2) is 11.5 Å². The maximum atomic E-state index is 12.2. The van der Waals surface area contributed by atoms with Crippen LogP contribution in [0.1, 0.15) is 15.9 Å². The second kappa shape index (κ2) is 5.09. The Balaban J connectivity index is 2.71. The van der Waals surface area contributed by atoms with E-state index in [1.165, 1.54) is 0 Å². The highest BCUT2D eigenvalue weighted by Gasteiger charge is 2.33. The van der Waals surface area contributed by atoms with E-state index in [0.717, 1.165) is 12.1 Å². The van der Waals surface area contributed by atoms with Crippen LogP contribution in [0.25, 0.3) is 0 Å². The van der Waals surface area contributed by atoms with Crippen LogP contribution in [0.4, 0.5) is 26.3 Å². The number of rotatable bonds is 2. The van der Waals surface area contributed by atoms with E-state index in [1.807, 2.05) is 0 Å². The maximum Gasteiger partial charge on any atom is 0.479 e. The average molecular weight is 290 g/mol. The largest absolute Gasteiger partial charge is 0.479 e. The normalized spacial score (nSPS) is 12.3. The molecule has 2 nitrogen and oxygen atoms in total. The zero-order valence-electron chi connectivity index (χ0n) is 8.30. The Morgan fingerprint density at radius 2 is 1.50 bits per heavy atom. The van der Waals surface area contributed by atoms with Gasteiger partial charge < -0.3 is 4.18 Å². The highest BCUT2D eigenvalue weighted by Crippen LogP contribution is 2.32. The highest BCUT2D eigenvalue weighted by atomic mass is 32.2. The number of alkyl halides is 6. The fourth-order valence-corrected chi connectivity index (χ4v) is 1.19. The summed E-state index contributed by atoms with van der Waals surface area (Å²) >= 11 is -1.03. The summed E-state index contributed by atoms with van der Waals surface area (Å²) in [5, 5.41) is 0. The molecule has 100 valence electrons. The monoisotopic (exact) mass is 290 g/mol. The standard InChI is InChI=1S/C9H4F6O2S/c10-8(11,12)6-3-1-5(2-4-6)7(16)17-18-9(13,14)15/h1-4H. The van der Waals surface area contributed by atoms with Crippen molar-refractivity contribution in [3.63, 3.8) is 0 Å². The quantitative estimate of drug-likeness (QED) is 0.607. The maximum absolute atomic E-state index is 12.2. The van der Waals surface area contributed by atoms with Gasteiger partial charge in [0.05, 0.1) is 11.1 Å². The van der Waals surface area contributed by atoms with E-state index in [0.29, 0.717) is 12.1 Å². The van der Waals surface area contributed by atoms with E-state index >= 15 is 0 Å². The molecule has 0 N–H and O–H groups in total. The van der Waals surface area contributed by atoms with Crippen molar-refractivity contribution >= 4 is 18.0 Å². The molecule has 0 saturated carbocycles. The fraction of sp³-hybridized carbons (Fsp3) is 0.222. The SMILES string of the molecule is O=C(OSC(F)(F)F)c1ccc(C(F)(F)F)cc1. The first-order chi connectivity index (χ1) is 8.09. The predicted octanol–water partition coefficient (Wildman–Crippen LogP) is 4.03. The molecule has 18 heavy (non-hydrogen) atoms. The Morgan fingerprint density at radius 1 is 1.00 bits per heavy atom. The van der Waals surface area contributed by atoms with Crippen molar-refractivity contribution in [1.82, 2.24) is 0 Å². The first-order valence-corrected chi connectivity index (χ1v) is 4.98. The summed E-state index contributed by atoms with van der Waals surface area (Å²) in [7, 11) is 0. The van der Waals surface area contributed by atoms with Gasteiger partial charge in [0.2, 0.25) is 0 Å². The number of halogens is 6. The van der Waals surface area contributed by atoms with Gasteiger partial charge in [-0.15, -0.1) is 0 Å². The fourth-order valence-electron chi connectivity index (χ4n) is 0.928. The minimum Gasteiger partial charge on any atom is -0.378 e. The zero-order chi connectivity index (χ0) is 14.0. The van der Waals surface area contributed by atoms with Crippen molar-refractivity contribution in [3.8, 4) is 0 Å². The summed E-state index contributed by atoms with van der Waals surface area (Å²) < 4.78 is 75.3. The molecule has 0 aromatic heterocycles. The van der Waals surface area contributed by atoms with Gasteiger partial charge in [-0.05, 0) is 24.3 Å². The number of carbonyl (C=O) groups excluding carboxylic acids is 1. The Bertz CT molecular complexity index is 422. The van der Waals surface area contributed by atoms with Crippen LogP contribution in [-0.2, 0) is 10.4 Å². The molecule has 0 saturated heterocycles. The minimum absolute atomic E-state index is 0.403. The van der Waals surface area contributed by atoms with E-state index in [1.54, 1.807) is 0 Å². The molecular weight excluding hydrogens is 286 g/mol. The second-order valence-corrected chi connectivity index (χ2v) is 3.77. The van der Waals surface area contributed by atoms with Gasteiger partial charge in [-0.3, -0.25) is 0 Å². The van der Waals surface area contributed by atoms with Crippen LogP contribution in [0.2, 0.25) is 0 Å². The van der Waals surface area contributed by atoms with Gasteiger partial charge in [-0.1, -0.05) is 0 Å². The molecular formula is C9H4F6O2S. The molecule has 0 amide bonds. The van der Waals surface area contributed by atoms with Crippen molar-refractivity contribution < 1.29 is 35.3 Å². The molecule has 1 rings (SSSR count). The van der Waals surface area contributed by atoms with Crippen molar-refractivity contribution in [1.29, 1.82) is 0 Å². The molecule has 0 unspecified atom stereocenters. The van der Waals surface area contributed by atoms with E-state index in [9.17, 15) is 31.1 Å². The lowest BCUT2D eigenvalue weighted by molar-refractivity contribution is -0.137. The average Bonchev–Trinajstić information content (AvgIpc) is 2.24. The third-order valence-corrected chi connectivity index (χ3v) is 2.08. The molecule has 0 aliphatic heterocycles. The molecule has 0 radical (unpaired) electrons. The molecule has 0 aliphatic carbocycles. The first kappa shape index (κ1) is 14.7. The Kier molecular flexibility index (Phi) is 4.15. The van der Waals surface area contributed by atoms with Crippen LogP contribution in [0.3, 0.4) is 0 Å². The topological polar surface area (TPSA) is 26.3 Å². The van der Waals surface area contributed by atoms with Gasteiger partial charge in [0, 0.05) is 0 Å². The van der Waals surface area contributed by atoms with Gasteiger partial charge in [0.15, 0.2) is 12.0 Å². The van der Waals surface area contributed by atoms with Gasteiger partial charge in [-0.2, -0.15) is 26.3 Å². The third kappa shape index (κ3) is 4.47. The first-order valence-electron chi connectivity index (χ1n) is 4.23. The van der Waals surface area contributed by atoms with Crippen LogP contribution in [0.5, 0.6) is 0 Å². The highest BCUT2D eigenvalue weighted by molar-refractivity contribution is 7.95. The molecule has 0 spiro atoms. The molecule has 0 heterocycles. The van der Waals surface area contributed by atoms with E-state index in [2.05, 4.69) is 4.18 Å². The molecule has 1 aromatic carbocycles. The van der Waals surface area contributed by atoms with Crippen molar-refractivity contribution in [2.75, 3.05) is 0 Å². The predicted molar refractivity (Wildman–Crippen MR) is 50.5 cm³/mol. The zero-order valence-corrected chi connectivity index (χ0v) is 9.12. The van der Waals surface area contributed by atoms with Crippen LogP contribution < -0.4 is 0 Å². The summed E-state index contributed by atoms with van der Waals surface area (Å²) in [4.78, 5) is 11.0. The van der Waals surface area contributed by atoms with E-state index in [4.69, 9.17) is 0 Å². The van der Waals surface area contributed by atoms with E-state index < -0.39 is 40.8 Å². The number of hydrogen-bond acceptors (Lipinski definition) is 3. The molecule has 0 fully saturated rings. The Labute approximate surface area is 101 Å². The van der Waals surface area contributed by atoms with E-state index in [-0.39, 0.29) is 0 Å². The molecule has 0 aliphatic rings. The van der Waals surface area contributed by atoms with Gasteiger partial charge in [0.1, 0.15) is 0 Å². The number of carbonyl (C=O) groups is 1. The smallest absolute Gasteiger partial charge is 0.378 e. The van der Waals surface area contributed by atoms with Gasteiger partial charge in [-0.25, -0.2) is 4.79 Å². The lowest BCUT2D eigenvalue weighted by atomic mass is 10.1. The summed E-state index contributed by atoms with van der Waals surface area (Å²) in [6, 6.07) is 2.63.